The van der Waals surface area contributed by atoms with E-state index in [9.17, 15) is 29.1 Å². The first-order valence-electron chi connectivity index (χ1n) is 11.9. The van der Waals surface area contributed by atoms with Gasteiger partial charge >= 0.3 is 5.97 Å². The van der Waals surface area contributed by atoms with Gasteiger partial charge < -0.3 is 10.8 Å². The average molecular weight is 622 g/mol. The summed E-state index contributed by atoms with van der Waals surface area (Å²) in [6, 6.07) is -1.12. The molecule has 5 heterocycles. The number of aliphatic carboxylic acids is 1. The number of carboxylic acids is 1. The van der Waals surface area contributed by atoms with E-state index in [1.807, 2.05) is 0 Å². The van der Waals surface area contributed by atoms with Crippen molar-refractivity contribution in [2.24, 2.45) is 4.99 Å². The van der Waals surface area contributed by atoms with Crippen molar-refractivity contribution in [1.29, 1.82) is 0 Å². The normalized spacial score (nSPS) is 21.4. The minimum absolute atomic E-state index is 0.0159. The number of nitrogens with one attached hydrogen (secondary N) is 2. The van der Waals surface area contributed by atoms with E-state index in [1.165, 1.54) is 28.9 Å². The molecule has 0 bridgehead atoms. The molecular weight excluding hydrogens is 598 g/mol. The number of hydroxylamine groups is 1. The number of allylic oxidation sites excluding steroid dienone is 1. The van der Waals surface area contributed by atoms with Crippen LogP contribution < -0.4 is 21.6 Å². The summed E-state index contributed by atoms with van der Waals surface area (Å²) in [7, 11) is 1.77. The van der Waals surface area contributed by atoms with Crippen LogP contribution in [0.4, 0.5) is 10.9 Å². The van der Waals surface area contributed by atoms with Crippen LogP contribution >= 0.6 is 34.9 Å². The van der Waals surface area contributed by atoms with Crippen molar-refractivity contribution in [3.05, 3.63) is 39.8 Å². The first kappa shape index (κ1) is 28.6. The molecule has 1 aromatic rings. The number of hydrazine groups is 2. The molecule has 4 aliphatic heterocycles. The Morgan fingerprint density at radius 3 is 2.83 bits per heavy atom. The number of nitrogens with zero attached hydrogens (tertiary/aromatic N) is 6. The number of amides is 3. The number of anilines is 2. The van der Waals surface area contributed by atoms with Crippen molar-refractivity contribution in [2.45, 2.75) is 24.3 Å². The number of nitrogen functional groups attached to an aromatic ring is 1. The number of fused-ring (bicyclic) bond motifs is 2. The van der Waals surface area contributed by atoms with E-state index in [-0.39, 0.29) is 47.3 Å². The van der Waals surface area contributed by atoms with Crippen LogP contribution in [0.3, 0.4) is 0 Å². The van der Waals surface area contributed by atoms with Crippen LogP contribution in [0, 0.1) is 0 Å². The Hall–Kier alpha value is -3.91. The predicted molar refractivity (Wildman–Crippen MR) is 150 cm³/mol. The van der Waals surface area contributed by atoms with Crippen molar-refractivity contribution >= 4 is 81.5 Å². The largest absolute Gasteiger partial charge is 0.477 e. The van der Waals surface area contributed by atoms with Gasteiger partial charge in [-0.1, -0.05) is 0 Å². The highest BCUT2D eigenvalue weighted by atomic mass is 32.2. The number of hydrogen-bond donors (Lipinski definition) is 5. The fraction of sp³-hybridized carbons (Fsp3) is 0.318. The molecule has 2 atom stereocenters. The standard InChI is InChI=1S/C22H23N9O7S3/c1-28-5-12-24-11(2-3-14(33)26-38)4-16(31(12)27-28)39-7-10-8-40-20-18(19(35)30(20)17(10)21(36)37)29(15(34)6-32)13-9-41-22(23)25-13/h4-6,9,18,20,27,38H,2-3,7-8H2,1H3,(H2,23,25)(H,26,33)(H,36,37)/t18-,20-/m1/s1. The predicted octanol–water partition coefficient (Wildman–Crippen LogP) is -0.340. The summed E-state index contributed by atoms with van der Waals surface area (Å²) < 4.78 is 0. The van der Waals surface area contributed by atoms with Gasteiger partial charge in [-0.25, -0.2) is 25.3 Å². The first-order valence-corrected chi connectivity index (χ1v) is 14.8. The van der Waals surface area contributed by atoms with Gasteiger partial charge in [-0.3, -0.25) is 39.2 Å². The van der Waals surface area contributed by atoms with Crippen molar-refractivity contribution in [3.8, 4) is 0 Å². The number of β-lactam (4-membered cyclic amide) rings is 1. The highest BCUT2D eigenvalue weighted by Gasteiger charge is 2.57. The summed E-state index contributed by atoms with van der Waals surface area (Å²) in [4.78, 5) is 71.7. The maximum Gasteiger partial charge on any atom is 0.352 e. The van der Waals surface area contributed by atoms with Gasteiger partial charge in [0.25, 0.3) is 11.8 Å². The Morgan fingerprint density at radius 2 is 2.17 bits per heavy atom. The molecule has 6 N–H and O–H groups in total. The maximum absolute atomic E-state index is 13.3. The Bertz CT molecular complexity index is 1460. The summed E-state index contributed by atoms with van der Waals surface area (Å²) in [6.07, 6.45) is 3.85. The molecule has 1 saturated heterocycles. The summed E-state index contributed by atoms with van der Waals surface area (Å²) in [5.41, 5.74) is 11.3. The lowest BCUT2D eigenvalue weighted by atomic mass is 10.0. The third-order valence-corrected chi connectivity index (χ3v) is 9.36. The van der Waals surface area contributed by atoms with Crippen LogP contribution in [0.1, 0.15) is 12.8 Å². The van der Waals surface area contributed by atoms with Crippen molar-refractivity contribution in [2.75, 3.05) is 29.2 Å². The summed E-state index contributed by atoms with van der Waals surface area (Å²) in [5, 5.41) is 23.8. The van der Waals surface area contributed by atoms with E-state index in [0.29, 0.717) is 22.1 Å². The molecule has 1 aromatic heterocycles. The smallest absolute Gasteiger partial charge is 0.352 e. The molecule has 0 saturated carbocycles. The number of rotatable bonds is 10. The van der Waals surface area contributed by atoms with Crippen LogP contribution in [0.5, 0.6) is 0 Å². The molecule has 0 radical (unpaired) electrons. The second-order valence-corrected chi connectivity index (χ2v) is 11.9. The van der Waals surface area contributed by atoms with E-state index >= 15 is 0 Å². The lowest BCUT2D eigenvalue weighted by Gasteiger charge is -2.52. The van der Waals surface area contributed by atoms with Gasteiger partial charge in [-0.05, 0) is 18.1 Å². The van der Waals surface area contributed by atoms with Gasteiger partial charge in [0.05, 0.1) is 11.2 Å². The van der Waals surface area contributed by atoms with Crippen molar-refractivity contribution in [3.63, 3.8) is 0 Å². The van der Waals surface area contributed by atoms with Gasteiger partial charge in [0.15, 0.2) is 11.0 Å². The summed E-state index contributed by atoms with van der Waals surface area (Å²) >= 11 is 3.63. The molecule has 0 spiro atoms. The van der Waals surface area contributed by atoms with Gasteiger partial charge in [0, 0.05) is 36.1 Å². The fourth-order valence-electron chi connectivity index (χ4n) is 4.51. The molecule has 3 amide bonds. The second-order valence-electron chi connectivity index (χ2n) is 8.92. The quantitative estimate of drug-likeness (QED) is 0.0743. The van der Waals surface area contributed by atoms with Crippen LogP contribution in [0.15, 0.2) is 44.8 Å². The number of thiazole rings is 1. The van der Waals surface area contributed by atoms with Crippen LogP contribution in [0.2, 0.25) is 0 Å². The Balaban J connectivity index is 1.37. The Kier molecular flexibility index (Phi) is 8.04. The zero-order valence-corrected chi connectivity index (χ0v) is 23.7. The molecule has 216 valence electrons. The Morgan fingerprint density at radius 1 is 1.39 bits per heavy atom. The van der Waals surface area contributed by atoms with E-state index < -0.39 is 35.1 Å². The molecule has 0 aliphatic carbocycles. The van der Waals surface area contributed by atoms with Crippen LogP contribution in [-0.2, 0) is 24.0 Å². The molecule has 5 rings (SSSR count). The molecule has 0 aromatic carbocycles. The molecular formula is C22H23N9O7S3. The van der Waals surface area contributed by atoms with E-state index in [0.717, 1.165) is 21.1 Å². The van der Waals surface area contributed by atoms with Crippen molar-refractivity contribution < 1.29 is 34.3 Å². The lowest BCUT2D eigenvalue weighted by molar-refractivity contribution is -0.149. The molecule has 4 aliphatic rings. The number of carbonyl (C=O) groups excluding carboxylic acids is 4. The maximum atomic E-state index is 13.3. The highest BCUT2D eigenvalue weighted by Crippen LogP contribution is 2.45. The molecule has 41 heavy (non-hydrogen) atoms. The Labute approximate surface area is 244 Å². The number of thioether (sulfide) groups is 2. The third-order valence-electron chi connectivity index (χ3n) is 6.29. The molecule has 0 unspecified atom stereocenters. The molecule has 1 fully saturated rings. The minimum Gasteiger partial charge on any atom is -0.477 e. The van der Waals surface area contributed by atoms with E-state index in [4.69, 9.17) is 10.9 Å². The average Bonchev–Trinajstić information content (AvgIpc) is 3.56. The third kappa shape index (κ3) is 5.40. The van der Waals surface area contributed by atoms with E-state index in [1.54, 1.807) is 34.8 Å². The summed E-state index contributed by atoms with van der Waals surface area (Å²) in [6.45, 7) is 0. The number of nitrogens with two attached hydrogens (primary N) is 1. The molecule has 19 heteroatoms. The zero-order valence-electron chi connectivity index (χ0n) is 21.2. The first-order chi connectivity index (χ1) is 19.6. The van der Waals surface area contributed by atoms with E-state index in [2.05, 4.69) is 15.5 Å². The topological polar surface area (TPSA) is 214 Å². The van der Waals surface area contributed by atoms with Crippen LogP contribution in [0.25, 0.3) is 0 Å². The van der Waals surface area contributed by atoms with Gasteiger partial charge in [0.2, 0.25) is 12.2 Å². The zero-order chi connectivity index (χ0) is 29.4. The van der Waals surface area contributed by atoms with Gasteiger partial charge in [-0.2, -0.15) is 0 Å². The highest BCUT2D eigenvalue weighted by molar-refractivity contribution is 8.03. The lowest BCUT2D eigenvalue weighted by Crippen LogP contribution is -2.72. The number of carboxylic acid groups (broad SMARTS) is 1. The SMILES string of the molecule is CN1C=C2N=C(CCC(=O)NO)C=C(SCC3=C(C(=O)O)N4C(=O)[C@@H](N(C(=O)C=O)c5csc(N)n5)[C@H]4SC3)N2N1. The monoisotopic (exact) mass is 621 g/mol. The number of aldehydes is 1. The number of aliphatic imine (C=N–C) groups is 1. The second kappa shape index (κ2) is 11.5. The number of carbonyl (C=O) groups is 5. The fourth-order valence-corrected chi connectivity index (χ4v) is 7.61. The number of aromatic nitrogens is 1. The van der Waals surface area contributed by atoms with Gasteiger partial charge in [-0.15, -0.1) is 40.4 Å². The van der Waals surface area contributed by atoms with Crippen LogP contribution in [-0.4, -0.2) is 95.9 Å². The number of hydrogen-bond acceptors (Lipinski definition) is 15. The molecule has 16 nitrogen and oxygen atoms in total. The van der Waals surface area contributed by atoms with Crippen molar-refractivity contribution in [1.82, 2.24) is 30.9 Å². The minimum atomic E-state index is -1.29. The summed E-state index contributed by atoms with van der Waals surface area (Å²) in [5.74, 6) is -2.40. The van der Waals surface area contributed by atoms with Gasteiger partial charge in [0.1, 0.15) is 22.9 Å².